The van der Waals surface area contributed by atoms with E-state index >= 15 is 0 Å². The van der Waals surface area contributed by atoms with Crippen molar-refractivity contribution in [2.45, 2.75) is 6.04 Å². The summed E-state index contributed by atoms with van der Waals surface area (Å²) in [5, 5.41) is 4.39. The number of primary amides is 1. The fraction of sp³-hybridized carbons (Fsp3) is 0.0909. The third-order valence-corrected chi connectivity index (χ3v) is 2.15. The molecule has 0 spiro atoms. The highest BCUT2D eigenvalue weighted by Gasteiger charge is 2.27. The highest BCUT2D eigenvalue weighted by Crippen LogP contribution is 1.99. The van der Waals surface area contributed by atoms with Crippen molar-refractivity contribution in [1.29, 1.82) is 0 Å². The number of hydrogen-bond acceptors (Lipinski definition) is 4. The van der Waals surface area contributed by atoms with Crippen LogP contribution >= 0.6 is 0 Å². The summed E-state index contributed by atoms with van der Waals surface area (Å²) >= 11 is 0. The number of nitrogens with zero attached hydrogens (tertiary/aromatic N) is 1. The normalized spacial score (nSPS) is 17.4. The smallest absolute Gasteiger partial charge is 0.322 e. The summed E-state index contributed by atoms with van der Waals surface area (Å²) in [6, 6.07) is 1.55. The van der Waals surface area contributed by atoms with Gasteiger partial charge in [0.25, 0.3) is 11.8 Å². The van der Waals surface area contributed by atoms with Crippen molar-refractivity contribution >= 4 is 17.8 Å². The van der Waals surface area contributed by atoms with Crippen LogP contribution in [0.1, 0.15) is 16.1 Å². The monoisotopic (exact) mass is 244 g/mol. The number of aromatic nitrogens is 1. The van der Waals surface area contributed by atoms with Gasteiger partial charge in [0.1, 0.15) is 5.69 Å². The first-order chi connectivity index (χ1) is 8.56. The van der Waals surface area contributed by atoms with Crippen molar-refractivity contribution < 1.29 is 14.4 Å². The van der Waals surface area contributed by atoms with Crippen molar-refractivity contribution in [3.8, 4) is 11.8 Å². The first-order valence-electron chi connectivity index (χ1n) is 4.95. The highest BCUT2D eigenvalue weighted by atomic mass is 16.2. The fourth-order valence-electron chi connectivity index (χ4n) is 1.29. The summed E-state index contributed by atoms with van der Waals surface area (Å²) in [4.78, 5) is 36.6. The summed E-state index contributed by atoms with van der Waals surface area (Å²) in [7, 11) is 0. The Kier molecular flexibility index (Phi) is 2.93. The third kappa shape index (κ3) is 2.44. The van der Waals surface area contributed by atoms with Crippen LogP contribution in [0.3, 0.4) is 0 Å². The summed E-state index contributed by atoms with van der Waals surface area (Å²) in [5.41, 5.74) is 5.67. The molecule has 1 aromatic rings. The Balaban J connectivity index is 2.13. The second-order valence-electron chi connectivity index (χ2n) is 3.46. The molecule has 0 aliphatic carbocycles. The van der Waals surface area contributed by atoms with E-state index < -0.39 is 23.9 Å². The van der Waals surface area contributed by atoms with Gasteiger partial charge in [-0.1, -0.05) is 11.8 Å². The van der Waals surface area contributed by atoms with Crippen LogP contribution in [0, 0.1) is 11.8 Å². The van der Waals surface area contributed by atoms with E-state index in [0.29, 0.717) is 5.56 Å². The molecule has 7 nitrogen and oxygen atoms in total. The van der Waals surface area contributed by atoms with Crippen LogP contribution in [0.2, 0.25) is 0 Å². The van der Waals surface area contributed by atoms with Crippen molar-refractivity contribution in [2.75, 3.05) is 0 Å². The van der Waals surface area contributed by atoms with Crippen molar-refractivity contribution in [1.82, 2.24) is 15.6 Å². The van der Waals surface area contributed by atoms with Crippen LogP contribution in [0.25, 0.3) is 0 Å². The van der Waals surface area contributed by atoms with Gasteiger partial charge in [0.2, 0.25) is 0 Å². The van der Waals surface area contributed by atoms with Crippen molar-refractivity contribution in [2.24, 2.45) is 5.73 Å². The van der Waals surface area contributed by atoms with Gasteiger partial charge in [0.15, 0.2) is 6.04 Å². The van der Waals surface area contributed by atoms with Gasteiger partial charge in [-0.3, -0.25) is 14.9 Å². The first-order valence-corrected chi connectivity index (χ1v) is 4.95. The lowest BCUT2D eigenvalue weighted by atomic mass is 10.2. The van der Waals surface area contributed by atoms with Gasteiger partial charge in [-0.25, -0.2) is 9.78 Å². The van der Waals surface area contributed by atoms with Gasteiger partial charge in [0.05, 0.1) is 0 Å². The van der Waals surface area contributed by atoms with Gasteiger partial charge in [0, 0.05) is 11.8 Å². The molecule has 1 unspecified atom stereocenters. The van der Waals surface area contributed by atoms with Crippen LogP contribution in [0.5, 0.6) is 0 Å². The van der Waals surface area contributed by atoms with Gasteiger partial charge in [-0.2, -0.15) is 0 Å². The molecule has 0 bridgehead atoms. The molecule has 0 radical (unpaired) electrons. The Bertz CT molecular complexity index is 583. The van der Waals surface area contributed by atoms with Crippen LogP contribution in [-0.2, 0) is 4.79 Å². The Morgan fingerprint density at radius 1 is 1.39 bits per heavy atom. The Morgan fingerprint density at radius 2 is 2.17 bits per heavy atom. The van der Waals surface area contributed by atoms with E-state index in [2.05, 4.69) is 27.5 Å². The first kappa shape index (κ1) is 11.6. The van der Waals surface area contributed by atoms with E-state index in [0.717, 1.165) is 0 Å². The van der Waals surface area contributed by atoms with E-state index in [1.54, 1.807) is 6.07 Å². The lowest BCUT2D eigenvalue weighted by Gasteiger charge is -1.96. The van der Waals surface area contributed by atoms with Gasteiger partial charge >= 0.3 is 6.03 Å². The van der Waals surface area contributed by atoms with Gasteiger partial charge in [-0.05, 0) is 12.1 Å². The lowest BCUT2D eigenvalue weighted by Crippen LogP contribution is -2.26. The molecule has 2 heterocycles. The number of urea groups is 1. The van der Waals surface area contributed by atoms with E-state index in [1.165, 1.54) is 12.3 Å². The largest absolute Gasteiger partial charge is 0.364 e. The van der Waals surface area contributed by atoms with Gasteiger partial charge in [-0.15, -0.1) is 0 Å². The van der Waals surface area contributed by atoms with Gasteiger partial charge < -0.3 is 11.1 Å². The number of rotatable bonds is 1. The Morgan fingerprint density at radius 3 is 2.67 bits per heavy atom. The Hall–Kier alpha value is -2.88. The number of nitrogens with two attached hydrogens (primary N) is 1. The number of nitrogens with one attached hydrogen (secondary N) is 2. The molecule has 18 heavy (non-hydrogen) atoms. The second-order valence-corrected chi connectivity index (χ2v) is 3.46. The number of imide groups is 1. The molecule has 1 saturated heterocycles. The van der Waals surface area contributed by atoms with Crippen LogP contribution < -0.4 is 16.4 Å². The fourth-order valence-corrected chi connectivity index (χ4v) is 1.29. The molecule has 2 rings (SSSR count). The number of pyridine rings is 1. The zero-order valence-electron chi connectivity index (χ0n) is 9.06. The van der Waals surface area contributed by atoms with E-state index in [4.69, 9.17) is 5.73 Å². The van der Waals surface area contributed by atoms with E-state index in [1.807, 2.05) is 0 Å². The predicted molar refractivity (Wildman–Crippen MR) is 60.1 cm³/mol. The maximum absolute atomic E-state index is 11.2. The molecular formula is C11H8N4O3. The number of amides is 4. The summed E-state index contributed by atoms with van der Waals surface area (Å²) in [6.07, 6.45) is 1.36. The second kappa shape index (κ2) is 4.55. The van der Waals surface area contributed by atoms with Crippen molar-refractivity contribution in [3.63, 3.8) is 0 Å². The molecule has 1 fully saturated rings. The topological polar surface area (TPSA) is 114 Å². The van der Waals surface area contributed by atoms with Crippen LogP contribution in [-0.4, -0.2) is 28.9 Å². The zero-order chi connectivity index (χ0) is 13.1. The lowest BCUT2D eigenvalue weighted by molar-refractivity contribution is -0.119. The van der Waals surface area contributed by atoms with Crippen LogP contribution in [0.15, 0.2) is 18.3 Å². The third-order valence-electron chi connectivity index (χ3n) is 2.15. The minimum Gasteiger partial charge on any atom is -0.364 e. The maximum atomic E-state index is 11.2. The standard InChI is InChI=1S/C11H8N4O3/c12-9(16)7-3-1-6(5-13-7)2-4-8-10(17)15-11(18)14-8/h1,3,5,8H,(H2,12,16)(H2,14,15,17,18). The molecule has 1 aromatic heterocycles. The SMILES string of the molecule is NC(=O)c1ccc(C#CC2NC(=O)NC2=O)cn1. The molecule has 0 aromatic carbocycles. The molecule has 1 aliphatic heterocycles. The molecular weight excluding hydrogens is 236 g/mol. The average Bonchev–Trinajstić information content (AvgIpc) is 2.66. The van der Waals surface area contributed by atoms with Crippen LogP contribution in [0.4, 0.5) is 4.79 Å². The minimum atomic E-state index is -0.867. The number of hydrogen-bond donors (Lipinski definition) is 3. The molecule has 1 atom stereocenters. The quantitative estimate of drug-likeness (QED) is 0.422. The summed E-state index contributed by atoms with van der Waals surface area (Å²) in [5.74, 6) is 4.12. The van der Waals surface area contributed by atoms with E-state index in [9.17, 15) is 14.4 Å². The molecule has 4 N–H and O–H groups in total. The average molecular weight is 244 g/mol. The Labute approximate surface area is 102 Å². The minimum absolute atomic E-state index is 0.132. The zero-order valence-corrected chi connectivity index (χ0v) is 9.06. The van der Waals surface area contributed by atoms with Crippen molar-refractivity contribution in [3.05, 3.63) is 29.6 Å². The predicted octanol–water partition coefficient (Wildman–Crippen LogP) is -1.26. The molecule has 7 heteroatoms. The maximum Gasteiger partial charge on any atom is 0.322 e. The van der Waals surface area contributed by atoms with E-state index in [-0.39, 0.29) is 5.69 Å². The molecule has 90 valence electrons. The molecule has 0 saturated carbocycles. The summed E-state index contributed by atoms with van der Waals surface area (Å²) < 4.78 is 0. The number of carbonyl (C=O) groups is 3. The molecule has 4 amide bonds. The summed E-state index contributed by atoms with van der Waals surface area (Å²) in [6.45, 7) is 0. The number of carbonyl (C=O) groups excluding carboxylic acids is 3. The highest BCUT2D eigenvalue weighted by molar-refractivity contribution is 6.05. The molecule has 1 aliphatic rings.